The van der Waals surface area contributed by atoms with Crippen LogP contribution in [0.3, 0.4) is 0 Å². The molecule has 0 amide bonds. The van der Waals surface area contributed by atoms with Crippen molar-refractivity contribution in [1.29, 1.82) is 5.41 Å². The number of nitrogens with zero attached hydrogens (tertiary/aromatic N) is 1. The van der Waals surface area contributed by atoms with Crippen molar-refractivity contribution in [3.8, 4) is 11.3 Å². The van der Waals surface area contributed by atoms with Gasteiger partial charge in [0.05, 0.1) is 21.7 Å². The number of pyridine rings is 1. The minimum absolute atomic E-state index is 0.00229. The molecule has 1 aromatic heterocycles. The van der Waals surface area contributed by atoms with Crippen LogP contribution in [0, 0.1) is 5.41 Å². The molecule has 2 atom stereocenters. The largest absolute Gasteiger partial charge is 0.366 e. The predicted molar refractivity (Wildman–Crippen MR) is 115 cm³/mol. The van der Waals surface area contributed by atoms with Crippen molar-refractivity contribution < 1.29 is 0 Å². The molecular weight excluding hydrogens is 368 g/mol. The Morgan fingerprint density at radius 3 is 2.75 bits per heavy atom. The third kappa shape index (κ3) is 3.56. The van der Waals surface area contributed by atoms with Gasteiger partial charge in [0.15, 0.2) is 0 Å². The SMILES string of the molecule is C/C(=C1/C(=N)SC2=C(NCc3ccc(-c4ccccn4)cc3)NNC21)C(C)N. The molecule has 6 N–H and O–H groups in total. The van der Waals surface area contributed by atoms with Crippen molar-refractivity contribution in [2.24, 2.45) is 5.73 Å². The Balaban J connectivity index is 1.47. The number of nitrogens with two attached hydrogens (primary N) is 1. The molecule has 3 heterocycles. The number of fused-ring (bicyclic) bond motifs is 1. The molecule has 0 bridgehead atoms. The monoisotopic (exact) mass is 392 g/mol. The zero-order chi connectivity index (χ0) is 19.7. The molecule has 0 saturated carbocycles. The Morgan fingerprint density at radius 2 is 2.07 bits per heavy atom. The maximum Gasteiger partial charge on any atom is 0.126 e. The van der Waals surface area contributed by atoms with Gasteiger partial charge in [-0.2, -0.15) is 0 Å². The summed E-state index contributed by atoms with van der Waals surface area (Å²) in [7, 11) is 0. The summed E-state index contributed by atoms with van der Waals surface area (Å²) in [4.78, 5) is 5.49. The van der Waals surface area contributed by atoms with E-state index in [-0.39, 0.29) is 12.1 Å². The first-order valence-corrected chi connectivity index (χ1v) is 10.1. The van der Waals surface area contributed by atoms with E-state index in [4.69, 9.17) is 11.1 Å². The summed E-state index contributed by atoms with van der Waals surface area (Å²) in [5, 5.41) is 12.4. The molecule has 2 unspecified atom stereocenters. The fraction of sp³-hybridized carbons (Fsp3) is 0.238. The second-order valence-electron chi connectivity index (χ2n) is 7.02. The normalized spacial score (nSPS) is 21.4. The average molecular weight is 393 g/mol. The van der Waals surface area contributed by atoms with E-state index in [9.17, 15) is 0 Å². The zero-order valence-electron chi connectivity index (χ0n) is 15.9. The summed E-state index contributed by atoms with van der Waals surface area (Å²) in [5.41, 5.74) is 17.8. The number of aromatic nitrogens is 1. The fourth-order valence-corrected chi connectivity index (χ4v) is 4.45. The van der Waals surface area contributed by atoms with Crippen molar-refractivity contribution in [2.45, 2.75) is 32.5 Å². The van der Waals surface area contributed by atoms with Gasteiger partial charge in [-0.15, -0.1) is 0 Å². The number of benzene rings is 1. The Kier molecular flexibility index (Phi) is 5.21. The predicted octanol–water partition coefficient (Wildman–Crippen LogP) is 2.87. The van der Waals surface area contributed by atoms with Crippen LogP contribution >= 0.6 is 11.8 Å². The van der Waals surface area contributed by atoms with E-state index < -0.39 is 0 Å². The standard InChI is InChI=1S/C21H24N6S/c1-12(13(2)22)17-18-19(28-20(17)23)21(27-26-18)25-11-14-6-8-15(9-7-14)16-5-3-4-10-24-16/h3-10,13,18,23,25-27H,11,22H2,1-2H3/b17-12-,23-20?. The Labute approximate surface area is 169 Å². The fourth-order valence-electron chi connectivity index (χ4n) is 3.33. The lowest BCUT2D eigenvalue weighted by Gasteiger charge is -2.15. The maximum absolute atomic E-state index is 8.33. The van der Waals surface area contributed by atoms with Crippen LogP contribution in [0.5, 0.6) is 0 Å². The van der Waals surface area contributed by atoms with Gasteiger partial charge >= 0.3 is 0 Å². The quantitative estimate of drug-likeness (QED) is 0.537. The molecule has 2 aromatic rings. The van der Waals surface area contributed by atoms with Gasteiger partial charge < -0.3 is 16.5 Å². The molecule has 1 fully saturated rings. The van der Waals surface area contributed by atoms with Gasteiger partial charge in [-0.25, -0.2) is 5.43 Å². The first-order valence-electron chi connectivity index (χ1n) is 9.27. The third-order valence-corrected chi connectivity index (χ3v) is 6.17. The number of hydrazine groups is 1. The minimum Gasteiger partial charge on any atom is -0.366 e. The van der Waals surface area contributed by atoms with E-state index in [1.54, 1.807) is 6.20 Å². The molecule has 28 heavy (non-hydrogen) atoms. The second kappa shape index (κ2) is 7.79. The third-order valence-electron chi connectivity index (χ3n) is 5.09. The summed E-state index contributed by atoms with van der Waals surface area (Å²) < 4.78 is 0. The summed E-state index contributed by atoms with van der Waals surface area (Å²) in [6.07, 6.45) is 1.81. The smallest absolute Gasteiger partial charge is 0.126 e. The van der Waals surface area contributed by atoms with Gasteiger partial charge in [0, 0.05) is 29.9 Å². The van der Waals surface area contributed by atoms with Gasteiger partial charge in [0.2, 0.25) is 0 Å². The van der Waals surface area contributed by atoms with Crippen molar-refractivity contribution in [3.63, 3.8) is 0 Å². The van der Waals surface area contributed by atoms with E-state index in [2.05, 4.69) is 45.4 Å². The molecular formula is C21H24N6S. The first kappa shape index (κ1) is 18.7. The molecule has 144 valence electrons. The molecule has 2 aliphatic rings. The highest BCUT2D eigenvalue weighted by Gasteiger charge is 2.39. The molecule has 1 saturated heterocycles. The van der Waals surface area contributed by atoms with Crippen LogP contribution in [0.25, 0.3) is 11.3 Å². The van der Waals surface area contributed by atoms with Crippen LogP contribution < -0.4 is 21.9 Å². The summed E-state index contributed by atoms with van der Waals surface area (Å²) in [6.45, 7) is 4.66. The molecule has 0 radical (unpaired) electrons. The minimum atomic E-state index is -0.0632. The molecule has 7 heteroatoms. The van der Waals surface area contributed by atoms with Gasteiger partial charge in [-0.05, 0) is 37.1 Å². The van der Waals surface area contributed by atoms with Crippen molar-refractivity contribution in [1.82, 2.24) is 21.2 Å². The van der Waals surface area contributed by atoms with Crippen LogP contribution in [0.1, 0.15) is 19.4 Å². The molecule has 0 aliphatic carbocycles. The van der Waals surface area contributed by atoms with Gasteiger partial charge in [0.1, 0.15) is 5.82 Å². The van der Waals surface area contributed by atoms with E-state index >= 15 is 0 Å². The van der Waals surface area contributed by atoms with Crippen LogP contribution in [0.2, 0.25) is 0 Å². The molecule has 6 nitrogen and oxygen atoms in total. The summed E-state index contributed by atoms with van der Waals surface area (Å²) >= 11 is 1.49. The van der Waals surface area contributed by atoms with Crippen LogP contribution in [0.15, 0.2) is 70.5 Å². The van der Waals surface area contributed by atoms with E-state index in [1.807, 2.05) is 32.0 Å². The topological polar surface area (TPSA) is 98.8 Å². The Hall–Kier alpha value is -2.61. The Bertz CT molecular complexity index is 947. The number of hydrogen-bond donors (Lipinski definition) is 5. The van der Waals surface area contributed by atoms with Crippen molar-refractivity contribution in [3.05, 3.63) is 76.1 Å². The van der Waals surface area contributed by atoms with Gasteiger partial charge in [-0.1, -0.05) is 42.1 Å². The van der Waals surface area contributed by atoms with E-state index in [1.165, 1.54) is 17.3 Å². The highest BCUT2D eigenvalue weighted by Crippen LogP contribution is 2.41. The second-order valence-corrected chi connectivity index (χ2v) is 8.08. The zero-order valence-corrected chi connectivity index (χ0v) is 16.7. The molecule has 4 rings (SSSR count). The van der Waals surface area contributed by atoms with E-state index in [0.717, 1.165) is 33.1 Å². The average Bonchev–Trinajstić information content (AvgIpc) is 3.24. The van der Waals surface area contributed by atoms with Crippen LogP contribution in [0.4, 0.5) is 0 Å². The number of hydrogen-bond acceptors (Lipinski definition) is 7. The number of rotatable bonds is 5. The Morgan fingerprint density at radius 1 is 1.29 bits per heavy atom. The van der Waals surface area contributed by atoms with Gasteiger partial charge in [-0.3, -0.25) is 10.4 Å². The van der Waals surface area contributed by atoms with Crippen molar-refractivity contribution >= 4 is 16.8 Å². The number of thioether (sulfide) groups is 1. The highest BCUT2D eigenvalue weighted by atomic mass is 32.2. The van der Waals surface area contributed by atoms with Crippen LogP contribution in [-0.2, 0) is 6.54 Å². The summed E-state index contributed by atoms with van der Waals surface area (Å²) in [5.74, 6) is 0.932. The lowest BCUT2D eigenvalue weighted by Crippen LogP contribution is -2.37. The molecule has 0 spiro atoms. The highest BCUT2D eigenvalue weighted by molar-refractivity contribution is 8.18. The first-order chi connectivity index (χ1) is 13.5. The summed E-state index contributed by atoms with van der Waals surface area (Å²) in [6, 6.07) is 14.3. The molecule has 2 aliphatic heterocycles. The van der Waals surface area contributed by atoms with Gasteiger partial charge in [0.25, 0.3) is 0 Å². The number of nitrogens with one attached hydrogen (secondary N) is 4. The lowest BCUT2D eigenvalue weighted by molar-refractivity contribution is 0.593. The van der Waals surface area contributed by atoms with E-state index in [0.29, 0.717) is 11.6 Å². The lowest BCUT2D eigenvalue weighted by atomic mass is 9.99. The van der Waals surface area contributed by atoms with Crippen molar-refractivity contribution in [2.75, 3.05) is 0 Å². The van der Waals surface area contributed by atoms with Crippen LogP contribution in [-0.4, -0.2) is 22.1 Å². The maximum atomic E-state index is 8.33. The molecule has 1 aromatic carbocycles.